The van der Waals surface area contributed by atoms with E-state index in [1.54, 1.807) is 20.2 Å². The third kappa shape index (κ3) is 2.78. The summed E-state index contributed by atoms with van der Waals surface area (Å²) in [5.41, 5.74) is 2.77. The lowest BCUT2D eigenvalue weighted by Crippen LogP contribution is -1.99. The summed E-state index contributed by atoms with van der Waals surface area (Å²) in [6.07, 6.45) is 3.69. The Labute approximate surface area is 144 Å². The summed E-state index contributed by atoms with van der Waals surface area (Å²) in [6, 6.07) is 15.7. The van der Waals surface area contributed by atoms with Crippen LogP contribution in [-0.2, 0) is 0 Å². The van der Waals surface area contributed by atoms with E-state index in [0.717, 1.165) is 28.4 Å². The summed E-state index contributed by atoms with van der Waals surface area (Å²) in [4.78, 5) is 8.86. The molecular weight excluding hydrogens is 316 g/mol. The van der Waals surface area contributed by atoms with Crippen LogP contribution in [0.4, 0.5) is 0 Å². The van der Waals surface area contributed by atoms with Crippen LogP contribution >= 0.6 is 0 Å². The largest absolute Gasteiger partial charge is 0.497 e. The normalized spacial score (nSPS) is 10.8. The Morgan fingerprint density at radius 1 is 1.04 bits per heavy atom. The fourth-order valence-electron chi connectivity index (χ4n) is 2.72. The lowest BCUT2D eigenvalue weighted by atomic mass is 10.1. The van der Waals surface area contributed by atoms with Crippen molar-refractivity contribution in [2.24, 2.45) is 0 Å². The number of ether oxygens (including phenoxy) is 1. The molecule has 0 radical (unpaired) electrons. The quantitative estimate of drug-likeness (QED) is 0.567. The molecule has 4 rings (SSSR count). The van der Waals surface area contributed by atoms with Gasteiger partial charge in [0, 0.05) is 18.0 Å². The summed E-state index contributed by atoms with van der Waals surface area (Å²) in [5, 5.41) is 3.89. The van der Waals surface area contributed by atoms with Crippen molar-refractivity contribution in [2.45, 2.75) is 6.92 Å². The number of methoxy groups -OCH3 is 1. The molecule has 25 heavy (non-hydrogen) atoms. The molecule has 0 aliphatic carbocycles. The molecule has 0 bridgehead atoms. The van der Waals surface area contributed by atoms with Crippen LogP contribution in [0.2, 0.25) is 0 Å². The Morgan fingerprint density at radius 2 is 1.84 bits per heavy atom. The van der Waals surface area contributed by atoms with Crippen LogP contribution in [0.25, 0.3) is 28.5 Å². The van der Waals surface area contributed by atoms with E-state index < -0.39 is 0 Å². The van der Waals surface area contributed by atoms with E-state index >= 15 is 0 Å². The minimum absolute atomic E-state index is 0.488. The molecule has 4 aromatic rings. The molecule has 0 N–H and O–H groups in total. The van der Waals surface area contributed by atoms with Gasteiger partial charge in [0.2, 0.25) is 0 Å². The maximum Gasteiger partial charge on any atom is 0.260 e. The zero-order valence-corrected chi connectivity index (χ0v) is 13.9. The molecule has 124 valence electrons. The fraction of sp³-hybridized carbons (Fsp3) is 0.105. The number of nitrogens with zero attached hydrogens (tertiary/aromatic N) is 4. The molecule has 6 heteroatoms. The van der Waals surface area contributed by atoms with Crippen LogP contribution < -0.4 is 4.74 Å². The first kappa shape index (κ1) is 15.1. The first-order valence-corrected chi connectivity index (χ1v) is 7.84. The predicted octanol–water partition coefficient (Wildman–Crippen LogP) is 3.91. The van der Waals surface area contributed by atoms with Crippen molar-refractivity contribution < 1.29 is 9.26 Å². The Morgan fingerprint density at radius 3 is 2.56 bits per heavy atom. The smallest absolute Gasteiger partial charge is 0.260 e. The molecule has 0 saturated heterocycles. The maximum atomic E-state index is 5.35. The molecule has 0 saturated carbocycles. The summed E-state index contributed by atoms with van der Waals surface area (Å²) in [6.45, 7) is 1.80. The van der Waals surface area contributed by atoms with Gasteiger partial charge in [-0.25, -0.2) is 4.98 Å². The standard InChI is InChI=1S/C19H16N4O2/c1-13-21-19(25-22-13)16-5-3-4-6-17(16)23-12-11-20-18(23)14-7-9-15(24-2)10-8-14/h3-12H,1-2H3. The minimum atomic E-state index is 0.488. The highest BCUT2D eigenvalue weighted by Gasteiger charge is 2.15. The van der Waals surface area contributed by atoms with Gasteiger partial charge in [-0.15, -0.1) is 0 Å². The third-order valence-corrected chi connectivity index (χ3v) is 3.91. The highest BCUT2D eigenvalue weighted by atomic mass is 16.5. The van der Waals surface area contributed by atoms with Crippen molar-refractivity contribution in [1.82, 2.24) is 19.7 Å². The van der Waals surface area contributed by atoms with E-state index in [1.165, 1.54) is 0 Å². The molecule has 6 nitrogen and oxygen atoms in total. The lowest BCUT2D eigenvalue weighted by molar-refractivity contribution is 0.415. The molecule has 0 atom stereocenters. The number of hydrogen-bond acceptors (Lipinski definition) is 5. The van der Waals surface area contributed by atoms with Crippen molar-refractivity contribution >= 4 is 0 Å². The second-order valence-corrected chi connectivity index (χ2v) is 5.51. The Balaban J connectivity index is 1.83. The first-order chi connectivity index (χ1) is 12.3. The van der Waals surface area contributed by atoms with Crippen LogP contribution in [0.3, 0.4) is 0 Å². The van der Waals surface area contributed by atoms with E-state index in [4.69, 9.17) is 9.26 Å². The van der Waals surface area contributed by atoms with Crippen molar-refractivity contribution in [2.75, 3.05) is 7.11 Å². The van der Waals surface area contributed by atoms with Gasteiger partial charge in [-0.1, -0.05) is 17.3 Å². The SMILES string of the molecule is COc1ccc(-c2nccn2-c2ccccc2-c2nc(C)no2)cc1. The van der Waals surface area contributed by atoms with E-state index in [-0.39, 0.29) is 0 Å². The first-order valence-electron chi connectivity index (χ1n) is 7.84. The number of benzene rings is 2. The molecule has 0 fully saturated rings. The van der Waals surface area contributed by atoms with Crippen molar-refractivity contribution in [1.29, 1.82) is 0 Å². The van der Waals surface area contributed by atoms with Crippen molar-refractivity contribution in [3.05, 3.63) is 66.7 Å². The molecule has 0 aliphatic heterocycles. The van der Waals surface area contributed by atoms with Crippen LogP contribution in [0, 0.1) is 6.92 Å². The summed E-state index contributed by atoms with van der Waals surface area (Å²) in [5.74, 6) is 2.73. The number of aryl methyl sites for hydroxylation is 1. The zero-order valence-electron chi connectivity index (χ0n) is 13.9. The van der Waals surface area contributed by atoms with E-state index in [9.17, 15) is 0 Å². The number of imidazole rings is 1. The van der Waals surface area contributed by atoms with Gasteiger partial charge < -0.3 is 9.26 Å². The summed E-state index contributed by atoms with van der Waals surface area (Å²) < 4.78 is 12.6. The van der Waals surface area contributed by atoms with Gasteiger partial charge >= 0.3 is 0 Å². The summed E-state index contributed by atoms with van der Waals surface area (Å²) >= 11 is 0. The molecule has 0 unspecified atom stereocenters. The van der Waals surface area contributed by atoms with Gasteiger partial charge in [0.1, 0.15) is 11.6 Å². The Hall–Kier alpha value is -3.41. The van der Waals surface area contributed by atoms with Crippen LogP contribution in [0.15, 0.2) is 65.4 Å². The fourth-order valence-corrected chi connectivity index (χ4v) is 2.72. The number of para-hydroxylation sites is 1. The van der Waals surface area contributed by atoms with Gasteiger partial charge in [0.25, 0.3) is 5.89 Å². The minimum Gasteiger partial charge on any atom is -0.497 e. The Kier molecular flexibility index (Phi) is 3.78. The highest BCUT2D eigenvalue weighted by Crippen LogP contribution is 2.29. The average Bonchev–Trinajstić information content (AvgIpc) is 3.31. The van der Waals surface area contributed by atoms with Crippen LogP contribution in [0.5, 0.6) is 5.75 Å². The van der Waals surface area contributed by atoms with Crippen LogP contribution in [-0.4, -0.2) is 26.8 Å². The van der Waals surface area contributed by atoms with E-state index in [0.29, 0.717) is 11.7 Å². The molecule has 2 aromatic heterocycles. The molecule has 2 heterocycles. The predicted molar refractivity (Wildman–Crippen MR) is 93.6 cm³/mol. The van der Waals surface area contributed by atoms with E-state index in [2.05, 4.69) is 15.1 Å². The highest BCUT2D eigenvalue weighted by molar-refractivity contribution is 5.69. The maximum absolute atomic E-state index is 5.35. The van der Waals surface area contributed by atoms with Gasteiger partial charge in [-0.3, -0.25) is 4.57 Å². The van der Waals surface area contributed by atoms with Gasteiger partial charge in [-0.05, 0) is 43.3 Å². The van der Waals surface area contributed by atoms with Crippen molar-refractivity contribution in [3.63, 3.8) is 0 Å². The zero-order chi connectivity index (χ0) is 17.2. The van der Waals surface area contributed by atoms with E-state index in [1.807, 2.05) is 59.3 Å². The lowest BCUT2D eigenvalue weighted by Gasteiger charge is -2.11. The number of hydrogen-bond donors (Lipinski definition) is 0. The monoisotopic (exact) mass is 332 g/mol. The Bertz CT molecular complexity index is 1000. The van der Waals surface area contributed by atoms with Crippen molar-refractivity contribution in [3.8, 4) is 34.3 Å². The van der Waals surface area contributed by atoms with Gasteiger partial charge in [-0.2, -0.15) is 4.98 Å². The van der Waals surface area contributed by atoms with Gasteiger partial charge in [0.15, 0.2) is 5.82 Å². The van der Waals surface area contributed by atoms with Crippen LogP contribution in [0.1, 0.15) is 5.82 Å². The second kappa shape index (κ2) is 6.24. The molecule has 0 aliphatic rings. The number of aromatic nitrogens is 4. The third-order valence-electron chi connectivity index (χ3n) is 3.91. The molecule has 0 amide bonds. The molecule has 2 aromatic carbocycles. The second-order valence-electron chi connectivity index (χ2n) is 5.51. The molecular formula is C19H16N4O2. The topological polar surface area (TPSA) is 66.0 Å². The number of rotatable bonds is 4. The van der Waals surface area contributed by atoms with Gasteiger partial charge in [0.05, 0.1) is 18.4 Å². The summed E-state index contributed by atoms with van der Waals surface area (Å²) in [7, 11) is 1.65. The average molecular weight is 332 g/mol. The molecule has 0 spiro atoms.